The molecule has 1 unspecified atom stereocenters. The standard InChI is InChI=1S/C21H36/c1-9-16(15(2)3)18-20(6,7)14-11-17-19(4,5)12-10-13-21(17,18)8/h9,17-18H,2,10-14H2,1,3-8H3/b16-9+/t17?,18-,21-/m0/s1. The normalized spacial score (nSPS) is 38.7. The zero-order valence-corrected chi connectivity index (χ0v) is 15.5. The highest BCUT2D eigenvalue weighted by Gasteiger charge is 2.57. The fourth-order valence-corrected chi connectivity index (χ4v) is 6.22. The molecule has 0 spiro atoms. The first-order chi connectivity index (χ1) is 9.56. The number of hydrogen-bond acceptors (Lipinski definition) is 0. The Bertz CT molecular complexity index is 449. The molecule has 2 rings (SSSR count). The number of rotatable bonds is 2. The summed E-state index contributed by atoms with van der Waals surface area (Å²) in [5.74, 6) is 1.51. The van der Waals surface area contributed by atoms with Crippen LogP contribution in [0.2, 0.25) is 0 Å². The molecule has 0 heterocycles. The number of fused-ring (bicyclic) bond motifs is 1. The first-order valence-electron chi connectivity index (χ1n) is 8.88. The van der Waals surface area contributed by atoms with Gasteiger partial charge in [0.1, 0.15) is 0 Å². The first kappa shape index (κ1) is 16.8. The van der Waals surface area contributed by atoms with Crippen LogP contribution in [0.15, 0.2) is 23.8 Å². The largest absolute Gasteiger partial charge is 0.0958 e. The van der Waals surface area contributed by atoms with E-state index in [4.69, 9.17) is 0 Å². The van der Waals surface area contributed by atoms with Crippen molar-refractivity contribution in [1.82, 2.24) is 0 Å². The predicted molar refractivity (Wildman–Crippen MR) is 94.3 cm³/mol. The van der Waals surface area contributed by atoms with Crippen LogP contribution in [0.5, 0.6) is 0 Å². The second-order valence-electron chi connectivity index (χ2n) is 9.39. The molecule has 0 aromatic carbocycles. The summed E-state index contributed by atoms with van der Waals surface area (Å²) in [7, 11) is 0. The average molecular weight is 289 g/mol. The van der Waals surface area contributed by atoms with E-state index in [-0.39, 0.29) is 0 Å². The molecule has 2 saturated carbocycles. The molecule has 21 heavy (non-hydrogen) atoms. The van der Waals surface area contributed by atoms with Gasteiger partial charge in [0.2, 0.25) is 0 Å². The Kier molecular flexibility index (Phi) is 4.24. The first-order valence-corrected chi connectivity index (χ1v) is 8.88. The maximum absolute atomic E-state index is 4.30. The van der Waals surface area contributed by atoms with Gasteiger partial charge in [-0.25, -0.2) is 0 Å². The number of allylic oxidation sites excluding steroid dienone is 3. The van der Waals surface area contributed by atoms with E-state index < -0.39 is 0 Å². The Hall–Kier alpha value is -0.520. The molecule has 120 valence electrons. The van der Waals surface area contributed by atoms with Crippen molar-refractivity contribution >= 4 is 0 Å². The highest BCUT2D eigenvalue weighted by molar-refractivity contribution is 5.33. The lowest BCUT2D eigenvalue weighted by molar-refractivity contribution is -0.108. The zero-order valence-electron chi connectivity index (χ0n) is 15.5. The molecule has 2 aliphatic carbocycles. The summed E-state index contributed by atoms with van der Waals surface area (Å²) in [6.45, 7) is 21.3. The van der Waals surface area contributed by atoms with Gasteiger partial charge in [-0.05, 0) is 73.2 Å². The molecule has 0 heteroatoms. The van der Waals surface area contributed by atoms with Crippen LogP contribution in [0.4, 0.5) is 0 Å². The molecule has 0 radical (unpaired) electrons. The van der Waals surface area contributed by atoms with Crippen molar-refractivity contribution in [2.24, 2.45) is 28.1 Å². The second-order valence-corrected chi connectivity index (χ2v) is 9.39. The highest BCUT2D eigenvalue weighted by atomic mass is 14.6. The Morgan fingerprint density at radius 3 is 2.14 bits per heavy atom. The summed E-state index contributed by atoms with van der Waals surface area (Å²) in [5.41, 5.74) is 4.13. The molecule has 0 saturated heterocycles. The van der Waals surface area contributed by atoms with Gasteiger partial charge in [-0.15, -0.1) is 0 Å². The maximum Gasteiger partial charge on any atom is -0.00547 e. The minimum Gasteiger partial charge on any atom is -0.0958 e. The van der Waals surface area contributed by atoms with E-state index in [0.29, 0.717) is 22.2 Å². The molecule has 0 aromatic heterocycles. The topological polar surface area (TPSA) is 0 Å². The van der Waals surface area contributed by atoms with Crippen LogP contribution in [-0.4, -0.2) is 0 Å². The summed E-state index contributed by atoms with van der Waals surface area (Å²) in [5, 5.41) is 0. The minimum atomic E-state index is 0.388. The van der Waals surface area contributed by atoms with E-state index in [1.807, 2.05) is 0 Å². The van der Waals surface area contributed by atoms with Gasteiger partial charge in [-0.3, -0.25) is 0 Å². The monoisotopic (exact) mass is 288 g/mol. The van der Waals surface area contributed by atoms with Crippen LogP contribution >= 0.6 is 0 Å². The summed E-state index contributed by atoms with van der Waals surface area (Å²) < 4.78 is 0. The summed E-state index contributed by atoms with van der Waals surface area (Å²) in [6.07, 6.45) is 9.29. The van der Waals surface area contributed by atoms with E-state index in [1.54, 1.807) is 0 Å². The molecular weight excluding hydrogens is 252 g/mol. The molecule has 0 N–H and O–H groups in total. The van der Waals surface area contributed by atoms with E-state index >= 15 is 0 Å². The molecule has 2 aliphatic rings. The van der Waals surface area contributed by atoms with E-state index in [0.717, 1.165) is 5.92 Å². The van der Waals surface area contributed by atoms with Crippen molar-refractivity contribution in [1.29, 1.82) is 0 Å². The Labute approximate surface area is 133 Å². The fraction of sp³-hybridized carbons (Fsp3) is 0.810. The Morgan fingerprint density at radius 2 is 1.62 bits per heavy atom. The lowest BCUT2D eigenvalue weighted by Crippen LogP contribution is -2.54. The van der Waals surface area contributed by atoms with Crippen molar-refractivity contribution in [3.8, 4) is 0 Å². The SMILES string of the molecule is C=C(C)/C(=C\C)[C@H]1C(C)(C)CCC2C(C)(C)CCC[C@@]21C. The Morgan fingerprint density at radius 1 is 1.00 bits per heavy atom. The Balaban J connectivity index is 2.54. The molecule has 0 nitrogen and oxygen atoms in total. The van der Waals surface area contributed by atoms with Crippen LogP contribution in [0.3, 0.4) is 0 Å². The van der Waals surface area contributed by atoms with Crippen molar-refractivity contribution < 1.29 is 0 Å². The average Bonchev–Trinajstić information content (AvgIpc) is 2.31. The molecule has 0 amide bonds. The van der Waals surface area contributed by atoms with Gasteiger partial charge in [0.05, 0.1) is 0 Å². The number of hydrogen-bond donors (Lipinski definition) is 0. The summed E-state index contributed by atoms with van der Waals surface area (Å²) in [4.78, 5) is 0. The molecule has 2 fully saturated rings. The quantitative estimate of drug-likeness (QED) is 0.491. The van der Waals surface area contributed by atoms with Gasteiger partial charge in [0.25, 0.3) is 0 Å². The molecule has 0 aliphatic heterocycles. The van der Waals surface area contributed by atoms with Crippen LogP contribution < -0.4 is 0 Å². The van der Waals surface area contributed by atoms with Crippen molar-refractivity contribution in [2.75, 3.05) is 0 Å². The molecule has 0 bridgehead atoms. The van der Waals surface area contributed by atoms with Gasteiger partial charge in [-0.1, -0.05) is 59.3 Å². The minimum absolute atomic E-state index is 0.388. The van der Waals surface area contributed by atoms with Crippen molar-refractivity contribution in [2.45, 2.75) is 80.6 Å². The van der Waals surface area contributed by atoms with Gasteiger partial charge >= 0.3 is 0 Å². The van der Waals surface area contributed by atoms with Crippen LogP contribution in [0.1, 0.15) is 80.6 Å². The van der Waals surface area contributed by atoms with E-state index in [2.05, 4.69) is 61.1 Å². The van der Waals surface area contributed by atoms with Gasteiger partial charge in [0.15, 0.2) is 0 Å². The summed E-state index contributed by atoms with van der Waals surface area (Å²) in [6, 6.07) is 0. The van der Waals surface area contributed by atoms with E-state index in [9.17, 15) is 0 Å². The van der Waals surface area contributed by atoms with Gasteiger partial charge < -0.3 is 0 Å². The lowest BCUT2D eigenvalue weighted by atomic mass is 9.42. The molecule has 0 aromatic rings. The lowest BCUT2D eigenvalue weighted by Gasteiger charge is -2.62. The predicted octanol–water partition coefficient (Wildman–Crippen LogP) is 6.78. The third-order valence-electron chi connectivity index (χ3n) is 6.91. The van der Waals surface area contributed by atoms with Crippen LogP contribution in [0.25, 0.3) is 0 Å². The van der Waals surface area contributed by atoms with Crippen LogP contribution in [-0.2, 0) is 0 Å². The van der Waals surface area contributed by atoms with Crippen LogP contribution in [0, 0.1) is 28.1 Å². The van der Waals surface area contributed by atoms with Gasteiger partial charge in [0, 0.05) is 0 Å². The second kappa shape index (κ2) is 5.28. The molecular formula is C21H36. The third kappa shape index (κ3) is 2.64. The third-order valence-corrected chi connectivity index (χ3v) is 6.91. The highest BCUT2D eigenvalue weighted by Crippen LogP contribution is 2.66. The smallest absolute Gasteiger partial charge is 0.00547 e. The van der Waals surface area contributed by atoms with Gasteiger partial charge in [-0.2, -0.15) is 0 Å². The summed E-state index contributed by atoms with van der Waals surface area (Å²) >= 11 is 0. The fourth-order valence-electron chi connectivity index (χ4n) is 6.22. The van der Waals surface area contributed by atoms with E-state index in [1.165, 1.54) is 43.3 Å². The van der Waals surface area contributed by atoms with Crippen molar-refractivity contribution in [3.05, 3.63) is 23.8 Å². The van der Waals surface area contributed by atoms with Crippen molar-refractivity contribution in [3.63, 3.8) is 0 Å². The zero-order chi connectivity index (χ0) is 16.1. The maximum atomic E-state index is 4.30. The molecule has 3 atom stereocenters.